The van der Waals surface area contributed by atoms with Crippen LogP contribution in [0.3, 0.4) is 0 Å². The number of hydrogen-bond acceptors (Lipinski definition) is 6. The van der Waals surface area contributed by atoms with Crippen molar-refractivity contribution in [1.82, 2.24) is 14.9 Å². The number of rotatable bonds is 7. The normalized spacial score (nSPS) is 11.5. The monoisotopic (exact) mass is 406 g/mol. The van der Waals surface area contributed by atoms with Gasteiger partial charge in [-0.1, -0.05) is 25.2 Å². The fraction of sp³-hybridized carbons (Fsp3) is 0.421. The number of fused-ring (bicyclic) bond motifs is 1. The molecule has 0 N–H and O–H groups in total. The van der Waals surface area contributed by atoms with E-state index in [4.69, 9.17) is 0 Å². The molecular weight excluding hydrogens is 383 g/mol. The highest BCUT2D eigenvalue weighted by Crippen LogP contribution is 2.31. The van der Waals surface area contributed by atoms with Crippen LogP contribution in [0.1, 0.15) is 34.2 Å². The minimum Gasteiger partial charge on any atom is -0.302 e. The molecule has 1 aromatic carbocycles. The minimum absolute atomic E-state index is 0.0928. The zero-order valence-electron chi connectivity index (χ0n) is 16.0. The van der Waals surface area contributed by atoms with Crippen molar-refractivity contribution in [3.05, 3.63) is 39.6 Å². The maximum atomic E-state index is 13.6. The number of anilines is 1. The number of hydrogen-bond donors (Lipinski definition) is 0. The first-order chi connectivity index (χ1) is 12.9. The lowest BCUT2D eigenvalue weighted by molar-refractivity contribution is 0.0987. The number of carbonyl (C=O) groups is 1. The van der Waals surface area contributed by atoms with E-state index in [0.29, 0.717) is 22.1 Å². The maximum absolute atomic E-state index is 13.6. The van der Waals surface area contributed by atoms with Gasteiger partial charge in [-0.2, -0.15) is 0 Å². The molecule has 0 spiro atoms. The van der Waals surface area contributed by atoms with E-state index in [1.807, 2.05) is 13.8 Å². The molecule has 144 valence electrons. The van der Waals surface area contributed by atoms with Crippen molar-refractivity contribution >= 4 is 43.9 Å². The van der Waals surface area contributed by atoms with Crippen LogP contribution in [0.25, 0.3) is 10.2 Å². The molecule has 3 aromatic rings. The maximum Gasteiger partial charge on any atom is 0.272 e. The Morgan fingerprint density at radius 3 is 2.48 bits per heavy atom. The molecule has 2 aromatic heterocycles. The van der Waals surface area contributed by atoms with Gasteiger partial charge in [0.2, 0.25) is 0 Å². The highest BCUT2D eigenvalue weighted by molar-refractivity contribution is 7.22. The molecule has 0 unspecified atom stereocenters. The van der Waals surface area contributed by atoms with E-state index in [9.17, 15) is 9.18 Å². The minimum atomic E-state index is -0.298. The van der Waals surface area contributed by atoms with Crippen molar-refractivity contribution in [2.45, 2.75) is 27.7 Å². The number of aryl methyl sites for hydroxylation is 2. The number of aromatic nitrogens is 2. The van der Waals surface area contributed by atoms with Gasteiger partial charge in [0.15, 0.2) is 5.13 Å². The van der Waals surface area contributed by atoms with E-state index in [2.05, 4.69) is 28.7 Å². The summed E-state index contributed by atoms with van der Waals surface area (Å²) < 4.78 is 14.3. The number of halogens is 1. The predicted molar refractivity (Wildman–Crippen MR) is 111 cm³/mol. The molecule has 3 rings (SSSR count). The van der Waals surface area contributed by atoms with Crippen molar-refractivity contribution in [3.8, 4) is 0 Å². The van der Waals surface area contributed by atoms with E-state index in [0.717, 1.165) is 35.0 Å². The molecule has 5 nitrogen and oxygen atoms in total. The predicted octanol–water partition coefficient (Wildman–Crippen LogP) is 4.50. The number of nitrogens with zero attached hydrogens (tertiary/aromatic N) is 4. The molecular formula is C19H23FN4OS2. The smallest absolute Gasteiger partial charge is 0.272 e. The SMILES string of the molecule is CCN(CC)CCN(C(=O)c1sc(C)nc1C)c1nc2ccc(F)cc2s1. The van der Waals surface area contributed by atoms with Crippen molar-refractivity contribution in [3.63, 3.8) is 0 Å². The lowest BCUT2D eigenvalue weighted by atomic mass is 10.3. The topological polar surface area (TPSA) is 49.3 Å². The van der Waals surface area contributed by atoms with Gasteiger partial charge in [0.25, 0.3) is 5.91 Å². The van der Waals surface area contributed by atoms with Crippen molar-refractivity contribution in [1.29, 1.82) is 0 Å². The zero-order valence-corrected chi connectivity index (χ0v) is 17.6. The molecule has 0 radical (unpaired) electrons. The highest BCUT2D eigenvalue weighted by atomic mass is 32.1. The molecule has 0 bridgehead atoms. The largest absolute Gasteiger partial charge is 0.302 e. The summed E-state index contributed by atoms with van der Waals surface area (Å²) in [5.74, 6) is -0.391. The van der Waals surface area contributed by atoms with Crippen molar-refractivity contribution < 1.29 is 9.18 Å². The van der Waals surface area contributed by atoms with E-state index in [-0.39, 0.29) is 11.7 Å². The Morgan fingerprint density at radius 1 is 1.11 bits per heavy atom. The Kier molecular flexibility index (Phi) is 6.18. The summed E-state index contributed by atoms with van der Waals surface area (Å²) in [6.45, 7) is 11.1. The second-order valence-electron chi connectivity index (χ2n) is 6.24. The number of benzene rings is 1. The number of likely N-dealkylation sites (N-methyl/N-ethyl adjacent to an activating group) is 1. The van der Waals surface area contributed by atoms with Crippen molar-refractivity contribution in [2.75, 3.05) is 31.1 Å². The summed E-state index contributed by atoms with van der Waals surface area (Å²) in [7, 11) is 0. The number of carbonyl (C=O) groups excluding carboxylic acids is 1. The number of thiazole rings is 2. The van der Waals surface area contributed by atoms with Crippen LogP contribution < -0.4 is 4.90 Å². The van der Waals surface area contributed by atoms with E-state index in [1.54, 1.807) is 11.0 Å². The molecule has 0 atom stereocenters. The van der Waals surface area contributed by atoms with Gasteiger partial charge in [0.1, 0.15) is 10.7 Å². The van der Waals surface area contributed by atoms with Gasteiger partial charge >= 0.3 is 0 Å². The van der Waals surface area contributed by atoms with Crippen LogP contribution in [0.15, 0.2) is 18.2 Å². The molecule has 0 fully saturated rings. The van der Waals surface area contributed by atoms with E-state index in [1.165, 1.54) is 34.8 Å². The third-order valence-electron chi connectivity index (χ3n) is 4.45. The first-order valence-electron chi connectivity index (χ1n) is 8.97. The van der Waals surface area contributed by atoms with Crippen LogP contribution in [-0.4, -0.2) is 47.0 Å². The average molecular weight is 407 g/mol. The van der Waals surface area contributed by atoms with Crippen LogP contribution in [0.2, 0.25) is 0 Å². The quantitative estimate of drug-likeness (QED) is 0.580. The Bertz CT molecular complexity index is 948. The highest BCUT2D eigenvalue weighted by Gasteiger charge is 2.25. The third kappa shape index (κ3) is 4.34. The van der Waals surface area contributed by atoms with Crippen molar-refractivity contribution in [2.24, 2.45) is 0 Å². The average Bonchev–Trinajstić information content (AvgIpc) is 3.20. The molecule has 0 aliphatic carbocycles. The lowest BCUT2D eigenvalue weighted by Crippen LogP contribution is -2.38. The Labute approximate surface area is 166 Å². The van der Waals surface area contributed by atoms with E-state index >= 15 is 0 Å². The zero-order chi connectivity index (χ0) is 19.6. The standard InChI is InChI=1S/C19H23FN4OS2/c1-5-23(6-2)9-10-24(18(25)17-12(3)21-13(4)26-17)19-22-15-8-7-14(20)11-16(15)27-19/h7-8,11H,5-6,9-10H2,1-4H3. The number of amides is 1. The van der Waals surface area contributed by atoms with Gasteiger partial charge in [-0.05, 0) is 45.1 Å². The molecule has 1 amide bonds. The van der Waals surface area contributed by atoms with Gasteiger partial charge < -0.3 is 4.90 Å². The second kappa shape index (κ2) is 8.41. The molecule has 8 heteroatoms. The fourth-order valence-electron chi connectivity index (χ4n) is 2.92. The third-order valence-corrected chi connectivity index (χ3v) is 6.55. The summed E-state index contributed by atoms with van der Waals surface area (Å²) in [6, 6.07) is 4.51. The first-order valence-corrected chi connectivity index (χ1v) is 10.6. The molecule has 0 aliphatic heterocycles. The van der Waals surface area contributed by atoms with Crippen LogP contribution in [0, 0.1) is 19.7 Å². The van der Waals surface area contributed by atoms with Crippen LogP contribution >= 0.6 is 22.7 Å². The summed E-state index contributed by atoms with van der Waals surface area (Å²) in [5.41, 5.74) is 1.44. The summed E-state index contributed by atoms with van der Waals surface area (Å²) in [4.78, 5) is 26.9. The summed E-state index contributed by atoms with van der Waals surface area (Å²) >= 11 is 2.74. The second-order valence-corrected chi connectivity index (χ2v) is 8.45. The van der Waals surface area contributed by atoms with E-state index < -0.39 is 0 Å². The Morgan fingerprint density at radius 2 is 1.85 bits per heavy atom. The van der Waals surface area contributed by atoms with Gasteiger partial charge in [0, 0.05) is 13.1 Å². The van der Waals surface area contributed by atoms with Crippen LogP contribution in [0.4, 0.5) is 9.52 Å². The Balaban J connectivity index is 1.97. The first kappa shape index (κ1) is 19.9. The van der Waals surface area contributed by atoms with Crippen LogP contribution in [-0.2, 0) is 0 Å². The lowest BCUT2D eigenvalue weighted by Gasteiger charge is -2.24. The molecule has 27 heavy (non-hydrogen) atoms. The van der Waals surface area contributed by atoms with Gasteiger partial charge in [-0.3, -0.25) is 9.69 Å². The van der Waals surface area contributed by atoms with Gasteiger partial charge in [-0.15, -0.1) is 11.3 Å². The molecule has 0 saturated heterocycles. The summed E-state index contributed by atoms with van der Waals surface area (Å²) in [6.07, 6.45) is 0. The Hall–Kier alpha value is -1.90. The van der Waals surface area contributed by atoms with Gasteiger partial charge in [-0.25, -0.2) is 14.4 Å². The molecule has 0 saturated carbocycles. The van der Waals surface area contributed by atoms with Gasteiger partial charge in [0.05, 0.1) is 20.9 Å². The molecule has 2 heterocycles. The molecule has 0 aliphatic rings. The summed E-state index contributed by atoms with van der Waals surface area (Å²) in [5, 5.41) is 1.46. The van der Waals surface area contributed by atoms with Crippen LogP contribution in [0.5, 0.6) is 0 Å². The fourth-order valence-corrected chi connectivity index (χ4v) is 4.80.